The number of fused-ring (bicyclic) bond motifs is 1. The van der Waals surface area contributed by atoms with E-state index in [1.54, 1.807) is 0 Å². The molecular weight excluding hydrogens is 190 g/mol. The lowest BCUT2D eigenvalue weighted by atomic mass is 9.87. The Morgan fingerprint density at radius 3 is 3.07 bits per heavy atom. The van der Waals surface area contributed by atoms with Gasteiger partial charge < -0.3 is 10.5 Å². The number of hydrogen-bond donors (Lipinski definition) is 1. The van der Waals surface area contributed by atoms with Gasteiger partial charge in [-0.25, -0.2) is 0 Å². The maximum absolute atomic E-state index is 11.7. The second-order valence-electron chi connectivity index (χ2n) is 3.76. The smallest absolute Gasteiger partial charge is 0.179 e. The van der Waals surface area contributed by atoms with Crippen LogP contribution >= 0.6 is 0 Å². The van der Waals surface area contributed by atoms with E-state index in [2.05, 4.69) is 0 Å². The molecule has 0 fully saturated rings. The van der Waals surface area contributed by atoms with E-state index < -0.39 is 0 Å². The maximum Gasteiger partial charge on any atom is 0.179 e. The van der Waals surface area contributed by atoms with Crippen molar-refractivity contribution in [2.75, 3.05) is 6.61 Å². The molecule has 1 aromatic rings. The summed E-state index contributed by atoms with van der Waals surface area (Å²) in [5.74, 6) is 0.888. The Kier molecular flexibility index (Phi) is 2.73. The number of nitrogens with two attached hydrogens (primary N) is 1. The molecule has 2 N–H and O–H groups in total. The minimum absolute atomic E-state index is 0.0549. The Hall–Kier alpha value is -1.35. The molecule has 0 unspecified atom stereocenters. The van der Waals surface area contributed by atoms with Gasteiger partial charge in [0.2, 0.25) is 0 Å². The molecule has 0 saturated heterocycles. The molecule has 1 aliphatic rings. The van der Waals surface area contributed by atoms with Gasteiger partial charge in [-0.1, -0.05) is 0 Å². The highest BCUT2D eigenvalue weighted by atomic mass is 16.5. The summed E-state index contributed by atoms with van der Waals surface area (Å²) in [5, 5.41) is 0. The van der Waals surface area contributed by atoms with Gasteiger partial charge >= 0.3 is 0 Å². The topological polar surface area (TPSA) is 52.3 Å². The number of carbonyl (C=O) groups excluding carboxylic acids is 1. The Bertz CT molecular complexity index is 387. The molecule has 3 nitrogen and oxygen atoms in total. The van der Waals surface area contributed by atoms with E-state index in [9.17, 15) is 4.79 Å². The predicted octanol–water partition coefficient (Wildman–Crippen LogP) is 1.54. The summed E-state index contributed by atoms with van der Waals surface area (Å²) in [6.07, 6.45) is 1.60. The van der Waals surface area contributed by atoms with Crippen molar-refractivity contribution < 1.29 is 9.53 Å². The zero-order valence-corrected chi connectivity index (χ0v) is 8.82. The largest absolute Gasteiger partial charge is 0.494 e. The van der Waals surface area contributed by atoms with Crippen LogP contribution in [-0.4, -0.2) is 18.4 Å². The molecule has 1 aromatic carbocycles. The van der Waals surface area contributed by atoms with Gasteiger partial charge in [0.05, 0.1) is 12.6 Å². The summed E-state index contributed by atoms with van der Waals surface area (Å²) in [7, 11) is 0. The summed E-state index contributed by atoms with van der Waals surface area (Å²) in [6, 6.07) is 5.28. The molecule has 0 heterocycles. The fraction of sp³-hybridized carbons (Fsp3) is 0.417. The third-order valence-corrected chi connectivity index (χ3v) is 2.71. The Morgan fingerprint density at radius 2 is 2.33 bits per heavy atom. The van der Waals surface area contributed by atoms with E-state index in [1.165, 1.54) is 0 Å². The first-order valence-corrected chi connectivity index (χ1v) is 5.28. The minimum atomic E-state index is -0.324. The maximum atomic E-state index is 11.7. The van der Waals surface area contributed by atoms with Crippen molar-refractivity contribution in [3.63, 3.8) is 0 Å². The summed E-state index contributed by atoms with van der Waals surface area (Å²) in [6.45, 7) is 2.59. The second kappa shape index (κ2) is 4.03. The highest BCUT2D eigenvalue weighted by molar-refractivity contribution is 6.02. The van der Waals surface area contributed by atoms with Crippen LogP contribution in [0.2, 0.25) is 0 Å². The Morgan fingerprint density at radius 1 is 1.53 bits per heavy atom. The molecule has 1 aliphatic carbocycles. The van der Waals surface area contributed by atoms with Crippen molar-refractivity contribution in [2.45, 2.75) is 25.8 Å². The lowest BCUT2D eigenvalue weighted by Crippen LogP contribution is -2.35. The average Bonchev–Trinajstić information content (AvgIpc) is 2.24. The molecule has 0 amide bonds. The van der Waals surface area contributed by atoms with Gasteiger partial charge in [0.15, 0.2) is 5.78 Å². The molecule has 0 radical (unpaired) electrons. The van der Waals surface area contributed by atoms with E-state index in [-0.39, 0.29) is 11.8 Å². The van der Waals surface area contributed by atoms with Crippen molar-refractivity contribution in [3.05, 3.63) is 29.3 Å². The predicted molar refractivity (Wildman–Crippen MR) is 58.2 cm³/mol. The van der Waals surface area contributed by atoms with E-state index >= 15 is 0 Å². The highest BCUT2D eigenvalue weighted by Crippen LogP contribution is 2.24. The number of benzene rings is 1. The first kappa shape index (κ1) is 10.2. The van der Waals surface area contributed by atoms with Gasteiger partial charge in [0.1, 0.15) is 5.75 Å². The van der Waals surface area contributed by atoms with Gasteiger partial charge in [-0.2, -0.15) is 0 Å². The average molecular weight is 205 g/mol. The monoisotopic (exact) mass is 205 g/mol. The van der Waals surface area contributed by atoms with Gasteiger partial charge in [-0.3, -0.25) is 4.79 Å². The van der Waals surface area contributed by atoms with E-state index in [0.29, 0.717) is 6.61 Å². The van der Waals surface area contributed by atoms with Gasteiger partial charge in [0, 0.05) is 5.56 Å². The van der Waals surface area contributed by atoms with Crippen LogP contribution in [0.1, 0.15) is 29.3 Å². The minimum Gasteiger partial charge on any atom is -0.494 e. The van der Waals surface area contributed by atoms with Gasteiger partial charge in [0.25, 0.3) is 0 Å². The first-order valence-electron chi connectivity index (χ1n) is 5.28. The zero-order valence-electron chi connectivity index (χ0n) is 8.82. The summed E-state index contributed by atoms with van der Waals surface area (Å²) >= 11 is 0. The summed E-state index contributed by atoms with van der Waals surface area (Å²) < 4.78 is 5.39. The molecule has 3 heteroatoms. The molecule has 0 saturated carbocycles. The first-order chi connectivity index (χ1) is 7.22. The van der Waals surface area contributed by atoms with Crippen molar-refractivity contribution in [1.82, 2.24) is 0 Å². The molecule has 1 atom stereocenters. The molecule has 80 valence electrons. The molecule has 0 aliphatic heterocycles. The van der Waals surface area contributed by atoms with Crippen LogP contribution in [0.4, 0.5) is 0 Å². The van der Waals surface area contributed by atoms with Crippen LogP contribution in [0, 0.1) is 0 Å². The Labute approximate surface area is 89.2 Å². The molecule has 15 heavy (non-hydrogen) atoms. The van der Waals surface area contributed by atoms with E-state index in [4.69, 9.17) is 10.5 Å². The van der Waals surface area contributed by atoms with Gasteiger partial charge in [-0.15, -0.1) is 0 Å². The summed E-state index contributed by atoms with van der Waals surface area (Å²) in [4.78, 5) is 11.7. The Balaban J connectivity index is 2.34. The van der Waals surface area contributed by atoms with Crippen LogP contribution in [-0.2, 0) is 6.42 Å². The molecule has 0 spiro atoms. The fourth-order valence-electron chi connectivity index (χ4n) is 1.92. The number of carbonyl (C=O) groups is 1. The van der Waals surface area contributed by atoms with Crippen molar-refractivity contribution in [3.8, 4) is 5.75 Å². The third-order valence-electron chi connectivity index (χ3n) is 2.71. The number of Topliss-reactive ketones (excluding diaryl/α,β-unsaturated/α-hetero) is 1. The van der Waals surface area contributed by atoms with Crippen molar-refractivity contribution >= 4 is 5.78 Å². The van der Waals surface area contributed by atoms with Crippen LogP contribution in [0.3, 0.4) is 0 Å². The molecule has 2 rings (SSSR count). The normalized spacial score (nSPS) is 19.9. The number of ether oxygens (including phenoxy) is 1. The van der Waals surface area contributed by atoms with Crippen LogP contribution in [0.5, 0.6) is 5.75 Å². The van der Waals surface area contributed by atoms with Crippen LogP contribution in [0.15, 0.2) is 18.2 Å². The quantitative estimate of drug-likeness (QED) is 0.796. The van der Waals surface area contributed by atoms with Crippen LogP contribution < -0.4 is 10.5 Å². The standard InChI is InChI=1S/C12H15NO2/c1-2-15-9-4-5-10-8(7-9)3-6-11(13)12(10)14/h4-5,7,11H,2-3,6,13H2,1H3/t11-/m1/s1. The van der Waals surface area contributed by atoms with Crippen molar-refractivity contribution in [2.24, 2.45) is 5.73 Å². The number of aryl methyl sites for hydroxylation is 1. The lowest BCUT2D eigenvalue weighted by molar-refractivity contribution is 0.0948. The number of ketones is 1. The fourth-order valence-corrected chi connectivity index (χ4v) is 1.92. The van der Waals surface area contributed by atoms with E-state index in [1.807, 2.05) is 25.1 Å². The second-order valence-corrected chi connectivity index (χ2v) is 3.76. The zero-order chi connectivity index (χ0) is 10.8. The SMILES string of the molecule is CCOc1ccc2c(c1)CC[C@@H](N)C2=O. The van der Waals surface area contributed by atoms with Gasteiger partial charge in [-0.05, 0) is 43.5 Å². The number of rotatable bonds is 2. The van der Waals surface area contributed by atoms with Crippen molar-refractivity contribution in [1.29, 1.82) is 0 Å². The van der Waals surface area contributed by atoms with Crippen LogP contribution in [0.25, 0.3) is 0 Å². The number of hydrogen-bond acceptors (Lipinski definition) is 3. The molecule has 0 bridgehead atoms. The lowest BCUT2D eigenvalue weighted by Gasteiger charge is -2.20. The van der Waals surface area contributed by atoms with E-state index in [0.717, 1.165) is 29.7 Å². The summed E-state index contributed by atoms with van der Waals surface area (Å²) in [5.41, 5.74) is 7.53. The molecule has 0 aromatic heterocycles. The third kappa shape index (κ3) is 1.88. The molecular formula is C12H15NO2. The highest BCUT2D eigenvalue weighted by Gasteiger charge is 2.24.